The molecule has 6 nitrogen and oxygen atoms in total. The molecule has 7 heteroatoms. The molecular weight excluding hydrogens is 376 g/mol. The number of thiazole rings is 1. The van der Waals surface area contributed by atoms with Crippen molar-refractivity contribution in [3.8, 4) is 11.5 Å². The molecule has 1 amide bonds. The summed E-state index contributed by atoms with van der Waals surface area (Å²) in [7, 11) is 1.60. The maximum atomic E-state index is 12.3. The Balaban J connectivity index is 1.98. The zero-order valence-electron chi connectivity index (χ0n) is 17.5. The summed E-state index contributed by atoms with van der Waals surface area (Å²) in [6, 6.07) is 5.51. The van der Waals surface area contributed by atoms with E-state index in [0.29, 0.717) is 30.6 Å². The number of hydrogen-bond acceptors (Lipinski definition) is 5. The molecule has 0 aliphatic rings. The Kier molecular flexibility index (Phi) is 7.69. The van der Waals surface area contributed by atoms with E-state index in [1.54, 1.807) is 11.7 Å². The highest BCUT2D eigenvalue weighted by Crippen LogP contribution is 2.30. The van der Waals surface area contributed by atoms with Crippen molar-refractivity contribution >= 4 is 17.2 Å². The van der Waals surface area contributed by atoms with E-state index in [0.717, 1.165) is 16.1 Å². The molecule has 0 fully saturated rings. The second-order valence-electron chi connectivity index (χ2n) is 7.32. The number of nitrogens with one attached hydrogen (secondary N) is 1. The van der Waals surface area contributed by atoms with Gasteiger partial charge >= 0.3 is 4.87 Å². The lowest BCUT2D eigenvalue weighted by atomic mass is 10.1. The van der Waals surface area contributed by atoms with Gasteiger partial charge < -0.3 is 19.4 Å². The normalized spacial score (nSPS) is 12.1. The smallest absolute Gasteiger partial charge is 0.307 e. The molecular formula is C21H30N2O4S. The lowest BCUT2D eigenvalue weighted by Gasteiger charge is -2.18. The van der Waals surface area contributed by atoms with Gasteiger partial charge in [-0.2, -0.15) is 0 Å². The van der Waals surface area contributed by atoms with Gasteiger partial charge in [0.05, 0.1) is 19.8 Å². The van der Waals surface area contributed by atoms with Gasteiger partial charge in [-0.25, -0.2) is 0 Å². The van der Waals surface area contributed by atoms with E-state index in [2.05, 4.69) is 19.2 Å². The number of aromatic nitrogens is 1. The Morgan fingerprint density at radius 1 is 1.21 bits per heavy atom. The van der Waals surface area contributed by atoms with Crippen molar-refractivity contribution in [1.29, 1.82) is 0 Å². The Morgan fingerprint density at radius 3 is 2.50 bits per heavy atom. The van der Waals surface area contributed by atoms with E-state index in [9.17, 15) is 9.59 Å². The van der Waals surface area contributed by atoms with Gasteiger partial charge in [-0.15, -0.1) is 0 Å². The molecule has 1 N–H and O–H groups in total. The topological polar surface area (TPSA) is 69.6 Å². The van der Waals surface area contributed by atoms with Gasteiger partial charge in [0.1, 0.15) is 0 Å². The van der Waals surface area contributed by atoms with Crippen LogP contribution >= 0.6 is 11.3 Å². The van der Waals surface area contributed by atoms with E-state index in [-0.39, 0.29) is 23.2 Å². The van der Waals surface area contributed by atoms with Crippen LogP contribution in [0, 0.1) is 19.8 Å². The number of ether oxygens (including phenoxy) is 2. The minimum absolute atomic E-state index is 0.0161. The minimum atomic E-state index is -0.178. The van der Waals surface area contributed by atoms with Gasteiger partial charge in [-0.3, -0.25) is 9.59 Å². The first-order valence-electron chi connectivity index (χ1n) is 9.49. The van der Waals surface area contributed by atoms with Crippen molar-refractivity contribution in [2.45, 2.75) is 53.6 Å². The van der Waals surface area contributed by atoms with Gasteiger partial charge in [-0.05, 0) is 44.4 Å². The molecule has 1 unspecified atom stereocenters. The summed E-state index contributed by atoms with van der Waals surface area (Å²) in [6.07, 6.45) is 0.258. The first-order valence-corrected chi connectivity index (χ1v) is 10.3. The van der Waals surface area contributed by atoms with Crippen molar-refractivity contribution in [3.05, 3.63) is 44.0 Å². The molecule has 0 spiro atoms. The number of benzene rings is 1. The zero-order chi connectivity index (χ0) is 20.8. The third-order valence-electron chi connectivity index (χ3n) is 4.57. The molecule has 0 saturated carbocycles. The summed E-state index contributed by atoms with van der Waals surface area (Å²) in [5.41, 5.74) is 1.86. The van der Waals surface area contributed by atoms with Crippen molar-refractivity contribution in [3.63, 3.8) is 0 Å². The standard InChI is InChI=1S/C21H30N2O4S/c1-13(2)12-27-18-8-7-17(11-19(18)26-6)14(3)22-20(24)9-10-23-15(4)16(5)28-21(23)25/h7-8,11,13-14H,9-10,12H2,1-6H3,(H,22,24). The summed E-state index contributed by atoms with van der Waals surface area (Å²) < 4.78 is 12.9. The van der Waals surface area contributed by atoms with Gasteiger partial charge in [-0.1, -0.05) is 31.3 Å². The largest absolute Gasteiger partial charge is 0.493 e. The summed E-state index contributed by atoms with van der Waals surface area (Å²) in [5.74, 6) is 1.67. The van der Waals surface area contributed by atoms with Crippen molar-refractivity contribution in [1.82, 2.24) is 9.88 Å². The zero-order valence-corrected chi connectivity index (χ0v) is 18.3. The highest BCUT2D eigenvalue weighted by atomic mass is 32.1. The van der Waals surface area contributed by atoms with Crippen LogP contribution in [0.4, 0.5) is 0 Å². The Labute approximate surface area is 170 Å². The lowest BCUT2D eigenvalue weighted by Crippen LogP contribution is -2.28. The third-order valence-corrected chi connectivity index (χ3v) is 5.57. The van der Waals surface area contributed by atoms with Gasteiger partial charge in [0.25, 0.3) is 0 Å². The molecule has 28 heavy (non-hydrogen) atoms. The minimum Gasteiger partial charge on any atom is -0.493 e. The van der Waals surface area contributed by atoms with E-state index in [1.165, 1.54) is 11.3 Å². The summed E-state index contributed by atoms with van der Waals surface area (Å²) in [4.78, 5) is 25.3. The maximum Gasteiger partial charge on any atom is 0.307 e. The number of nitrogens with zero attached hydrogens (tertiary/aromatic N) is 1. The van der Waals surface area contributed by atoms with E-state index >= 15 is 0 Å². The number of rotatable bonds is 9. The summed E-state index contributed by atoms with van der Waals surface area (Å²) in [5, 5.41) is 2.99. The van der Waals surface area contributed by atoms with Crippen LogP contribution in [0.5, 0.6) is 11.5 Å². The number of amides is 1. The monoisotopic (exact) mass is 406 g/mol. The highest BCUT2D eigenvalue weighted by Gasteiger charge is 2.15. The van der Waals surface area contributed by atoms with Crippen LogP contribution in [-0.2, 0) is 11.3 Å². The van der Waals surface area contributed by atoms with Crippen LogP contribution in [0.1, 0.15) is 49.4 Å². The molecule has 2 aromatic rings. The molecule has 2 rings (SSSR count). The number of aryl methyl sites for hydroxylation is 1. The fraction of sp³-hybridized carbons (Fsp3) is 0.524. The number of carbonyl (C=O) groups is 1. The maximum absolute atomic E-state index is 12.3. The lowest BCUT2D eigenvalue weighted by molar-refractivity contribution is -0.121. The van der Waals surface area contributed by atoms with Crippen LogP contribution in [0.3, 0.4) is 0 Å². The molecule has 1 heterocycles. The number of methoxy groups -OCH3 is 1. The predicted octanol–water partition coefficient (Wildman–Crippen LogP) is 3.84. The third kappa shape index (κ3) is 5.61. The molecule has 0 bridgehead atoms. The number of carbonyl (C=O) groups excluding carboxylic acids is 1. The summed E-state index contributed by atoms with van der Waals surface area (Å²) >= 11 is 1.22. The molecule has 1 aromatic heterocycles. The van der Waals surface area contributed by atoms with Crippen LogP contribution < -0.4 is 19.7 Å². The molecule has 0 saturated heterocycles. The Morgan fingerprint density at radius 2 is 1.93 bits per heavy atom. The van der Waals surface area contributed by atoms with Crippen LogP contribution in [0.25, 0.3) is 0 Å². The fourth-order valence-electron chi connectivity index (χ4n) is 2.79. The summed E-state index contributed by atoms with van der Waals surface area (Å²) in [6.45, 7) is 10.9. The van der Waals surface area contributed by atoms with Crippen LogP contribution in [0.2, 0.25) is 0 Å². The van der Waals surface area contributed by atoms with E-state index in [4.69, 9.17) is 9.47 Å². The molecule has 1 atom stereocenters. The Hall–Kier alpha value is -2.28. The molecule has 1 aromatic carbocycles. The van der Waals surface area contributed by atoms with Gasteiger partial charge in [0, 0.05) is 23.5 Å². The van der Waals surface area contributed by atoms with E-state index in [1.807, 2.05) is 39.0 Å². The fourth-order valence-corrected chi connectivity index (χ4v) is 3.64. The van der Waals surface area contributed by atoms with Gasteiger partial charge in [0.2, 0.25) is 5.91 Å². The second-order valence-corrected chi connectivity index (χ2v) is 8.48. The molecule has 0 radical (unpaired) electrons. The molecule has 154 valence electrons. The van der Waals surface area contributed by atoms with Crippen LogP contribution in [0.15, 0.2) is 23.0 Å². The number of hydrogen-bond donors (Lipinski definition) is 1. The van der Waals surface area contributed by atoms with E-state index < -0.39 is 0 Å². The first kappa shape index (κ1) is 22.0. The Bertz CT molecular complexity index is 870. The first-order chi connectivity index (χ1) is 13.2. The average molecular weight is 407 g/mol. The molecule has 0 aliphatic heterocycles. The second kappa shape index (κ2) is 9.78. The average Bonchev–Trinajstić information content (AvgIpc) is 2.89. The van der Waals surface area contributed by atoms with Gasteiger partial charge in [0.15, 0.2) is 11.5 Å². The van der Waals surface area contributed by atoms with Crippen molar-refractivity contribution < 1.29 is 14.3 Å². The predicted molar refractivity (Wildman–Crippen MR) is 113 cm³/mol. The molecule has 0 aliphatic carbocycles. The SMILES string of the molecule is COc1cc(C(C)NC(=O)CCn2c(C)c(C)sc2=O)ccc1OCC(C)C. The van der Waals surface area contributed by atoms with Crippen molar-refractivity contribution in [2.75, 3.05) is 13.7 Å². The highest BCUT2D eigenvalue weighted by molar-refractivity contribution is 7.09. The van der Waals surface area contributed by atoms with Crippen molar-refractivity contribution in [2.24, 2.45) is 5.92 Å². The quantitative estimate of drug-likeness (QED) is 0.687. The van der Waals surface area contributed by atoms with Crippen LogP contribution in [-0.4, -0.2) is 24.2 Å².